The van der Waals surface area contributed by atoms with Crippen LogP contribution in [0.25, 0.3) is 0 Å². The molecule has 0 bridgehead atoms. The Labute approximate surface area is 94.8 Å². The lowest BCUT2D eigenvalue weighted by Crippen LogP contribution is -2.47. The monoisotopic (exact) mass is 244 g/mol. The summed E-state index contributed by atoms with van der Waals surface area (Å²) in [7, 11) is -3.44. The van der Waals surface area contributed by atoms with Crippen LogP contribution in [0.15, 0.2) is 0 Å². The summed E-state index contributed by atoms with van der Waals surface area (Å²) in [6, 6.07) is 0. The maximum absolute atomic E-state index is 11.8. The van der Waals surface area contributed by atoms with Gasteiger partial charge in [-0.3, -0.25) is 9.52 Å². The molecule has 2 atom stereocenters. The van der Waals surface area contributed by atoms with Gasteiger partial charge in [0, 0.05) is 0 Å². The highest BCUT2D eigenvalue weighted by Gasteiger charge is 2.63. The minimum absolute atomic E-state index is 0.210. The lowest BCUT2D eigenvalue weighted by Gasteiger charge is -2.12. The van der Waals surface area contributed by atoms with Gasteiger partial charge in [0.15, 0.2) is 0 Å². The van der Waals surface area contributed by atoms with Crippen LogP contribution in [0.2, 0.25) is 0 Å². The summed E-state index contributed by atoms with van der Waals surface area (Å²) < 4.78 is 25.3. The number of nitrogens with two attached hydrogens (primary N) is 1. The molecule has 0 heterocycles. The predicted molar refractivity (Wildman–Crippen MR) is 57.8 cm³/mol. The highest BCUT2D eigenvalue weighted by atomic mass is 32.2. The van der Waals surface area contributed by atoms with Crippen molar-refractivity contribution in [2.24, 2.45) is 17.6 Å². The summed E-state index contributed by atoms with van der Waals surface area (Å²) in [5.74, 6) is 0.276. The topological polar surface area (TPSA) is 89.3 Å². The Morgan fingerprint density at radius 1 is 1.25 bits per heavy atom. The summed E-state index contributed by atoms with van der Waals surface area (Å²) in [6.07, 6.45) is 4.22. The molecule has 90 valence electrons. The zero-order chi connectivity index (χ0) is 11.6. The maximum atomic E-state index is 11.8. The predicted octanol–water partition coefficient (Wildman–Crippen LogP) is -0.278. The Kier molecular flexibility index (Phi) is 1.96. The molecule has 0 aromatic heterocycles. The van der Waals surface area contributed by atoms with E-state index >= 15 is 0 Å². The molecule has 3 fully saturated rings. The second-order valence-electron chi connectivity index (χ2n) is 5.36. The van der Waals surface area contributed by atoms with Crippen molar-refractivity contribution in [1.29, 1.82) is 0 Å². The lowest BCUT2D eigenvalue weighted by atomic mass is 10.1. The zero-order valence-corrected chi connectivity index (χ0v) is 9.79. The molecule has 3 saturated carbocycles. The van der Waals surface area contributed by atoms with E-state index in [0.717, 1.165) is 12.8 Å². The van der Waals surface area contributed by atoms with E-state index in [9.17, 15) is 13.2 Å². The molecule has 0 aromatic carbocycles. The molecule has 5 nitrogen and oxygen atoms in total. The summed E-state index contributed by atoms with van der Waals surface area (Å²) in [4.78, 5) is 11.8. The Balaban J connectivity index is 1.65. The quantitative estimate of drug-likeness (QED) is 0.712. The molecule has 0 saturated heterocycles. The largest absolute Gasteiger partial charge is 0.317 e. The van der Waals surface area contributed by atoms with Crippen LogP contribution in [0.1, 0.15) is 32.1 Å². The number of nitrogens with one attached hydrogen (secondary N) is 1. The molecule has 0 aromatic rings. The van der Waals surface area contributed by atoms with E-state index < -0.39 is 21.5 Å². The third kappa shape index (κ3) is 1.64. The smallest absolute Gasteiger partial charge is 0.253 e. The highest BCUT2D eigenvalue weighted by Crippen LogP contribution is 2.55. The Hall–Kier alpha value is -0.620. The molecule has 3 N–H and O–H groups in total. The van der Waals surface area contributed by atoms with Crippen molar-refractivity contribution in [1.82, 2.24) is 4.72 Å². The molecule has 3 aliphatic rings. The fourth-order valence-corrected chi connectivity index (χ4v) is 3.71. The number of carbonyl (C=O) groups excluding carboxylic acids is 1. The van der Waals surface area contributed by atoms with Crippen molar-refractivity contribution >= 4 is 15.9 Å². The van der Waals surface area contributed by atoms with Crippen LogP contribution >= 0.6 is 0 Å². The summed E-state index contributed by atoms with van der Waals surface area (Å²) in [5, 5.41) is -0.363. The van der Waals surface area contributed by atoms with Crippen molar-refractivity contribution in [3.63, 3.8) is 0 Å². The van der Waals surface area contributed by atoms with Crippen molar-refractivity contribution in [2.45, 2.75) is 42.9 Å². The molecule has 0 spiro atoms. The van der Waals surface area contributed by atoms with Gasteiger partial charge in [0.25, 0.3) is 5.91 Å². The normalized spacial score (nSPS) is 38.2. The van der Waals surface area contributed by atoms with Crippen LogP contribution in [-0.2, 0) is 14.8 Å². The van der Waals surface area contributed by atoms with Gasteiger partial charge in [-0.25, -0.2) is 8.42 Å². The van der Waals surface area contributed by atoms with E-state index in [0.29, 0.717) is 25.2 Å². The van der Waals surface area contributed by atoms with Crippen molar-refractivity contribution in [2.75, 3.05) is 0 Å². The van der Waals surface area contributed by atoms with Gasteiger partial charge < -0.3 is 5.73 Å². The first-order chi connectivity index (χ1) is 7.43. The van der Waals surface area contributed by atoms with Gasteiger partial charge in [0.2, 0.25) is 10.0 Å². The van der Waals surface area contributed by atoms with Gasteiger partial charge in [-0.2, -0.15) is 0 Å². The number of sulfonamides is 1. The average Bonchev–Trinajstić information content (AvgIpc) is 3.03. The second-order valence-corrected chi connectivity index (χ2v) is 7.32. The maximum Gasteiger partial charge on any atom is 0.253 e. The summed E-state index contributed by atoms with van der Waals surface area (Å²) in [6.45, 7) is 0. The SMILES string of the molecule is NC1(C(=O)NS(=O)(=O)C2CC2)CC1C1CC1. The Morgan fingerprint density at radius 2 is 1.88 bits per heavy atom. The van der Waals surface area contributed by atoms with Gasteiger partial charge in [0.05, 0.1) is 10.8 Å². The highest BCUT2D eigenvalue weighted by molar-refractivity contribution is 7.90. The molecule has 0 aliphatic heterocycles. The summed E-state index contributed by atoms with van der Waals surface area (Å²) in [5.41, 5.74) is 5.03. The molecule has 0 radical (unpaired) electrons. The molecule has 16 heavy (non-hydrogen) atoms. The van der Waals surface area contributed by atoms with Gasteiger partial charge in [0.1, 0.15) is 0 Å². The van der Waals surface area contributed by atoms with Crippen LogP contribution in [0.5, 0.6) is 0 Å². The third-order valence-electron chi connectivity index (χ3n) is 3.87. The Morgan fingerprint density at radius 3 is 2.38 bits per heavy atom. The molecule has 3 aliphatic carbocycles. The van der Waals surface area contributed by atoms with Gasteiger partial charge in [-0.15, -0.1) is 0 Å². The Bertz CT molecular complexity index is 439. The van der Waals surface area contributed by atoms with E-state index in [1.165, 1.54) is 0 Å². The number of hydrogen-bond donors (Lipinski definition) is 2. The number of hydrogen-bond acceptors (Lipinski definition) is 4. The molecule has 1 amide bonds. The molecule has 2 unspecified atom stereocenters. The van der Waals surface area contributed by atoms with Gasteiger partial charge in [-0.1, -0.05) is 0 Å². The van der Waals surface area contributed by atoms with Crippen molar-refractivity contribution < 1.29 is 13.2 Å². The molecular formula is C10H16N2O3S. The first kappa shape index (κ1) is 10.5. The van der Waals surface area contributed by atoms with E-state index in [1.807, 2.05) is 0 Å². The minimum atomic E-state index is -3.44. The van der Waals surface area contributed by atoms with Crippen molar-refractivity contribution in [3.8, 4) is 0 Å². The summed E-state index contributed by atoms with van der Waals surface area (Å²) >= 11 is 0. The van der Waals surface area contributed by atoms with Crippen LogP contribution in [0.3, 0.4) is 0 Å². The van der Waals surface area contributed by atoms with Crippen LogP contribution in [0.4, 0.5) is 0 Å². The van der Waals surface area contributed by atoms with E-state index in [1.54, 1.807) is 0 Å². The number of carbonyl (C=O) groups is 1. The molecular weight excluding hydrogens is 228 g/mol. The van der Waals surface area contributed by atoms with E-state index in [2.05, 4.69) is 4.72 Å². The molecule has 6 heteroatoms. The number of amides is 1. The van der Waals surface area contributed by atoms with Crippen LogP contribution < -0.4 is 10.5 Å². The van der Waals surface area contributed by atoms with Gasteiger partial charge in [-0.05, 0) is 43.9 Å². The molecule has 3 rings (SSSR count). The average molecular weight is 244 g/mol. The van der Waals surface area contributed by atoms with Crippen LogP contribution in [0, 0.1) is 11.8 Å². The third-order valence-corrected chi connectivity index (χ3v) is 5.69. The van der Waals surface area contributed by atoms with E-state index in [4.69, 9.17) is 5.73 Å². The first-order valence-corrected chi connectivity index (χ1v) is 7.33. The second kappa shape index (κ2) is 2.98. The zero-order valence-electron chi connectivity index (χ0n) is 8.98. The number of rotatable bonds is 4. The van der Waals surface area contributed by atoms with E-state index in [-0.39, 0.29) is 11.2 Å². The van der Waals surface area contributed by atoms with Crippen molar-refractivity contribution in [3.05, 3.63) is 0 Å². The lowest BCUT2D eigenvalue weighted by molar-refractivity contribution is -0.121. The minimum Gasteiger partial charge on any atom is -0.317 e. The van der Waals surface area contributed by atoms with Gasteiger partial charge >= 0.3 is 0 Å². The standard InChI is InChI=1S/C10H16N2O3S/c11-10(5-8(10)6-1-2-6)9(13)12-16(14,15)7-3-4-7/h6-8H,1-5,11H2,(H,12,13). The first-order valence-electron chi connectivity index (χ1n) is 5.78. The fourth-order valence-electron chi connectivity index (χ4n) is 2.34. The van der Waals surface area contributed by atoms with Crippen LogP contribution in [-0.4, -0.2) is 25.1 Å². The fraction of sp³-hybridized carbons (Fsp3) is 0.900.